The number of halogens is 3. The van der Waals surface area contributed by atoms with E-state index in [4.69, 9.17) is 21.1 Å². The Kier molecular flexibility index (Phi) is 2.81. The van der Waals surface area contributed by atoms with Gasteiger partial charge >= 0.3 is 5.97 Å². The van der Waals surface area contributed by atoms with Gasteiger partial charge in [0.05, 0.1) is 0 Å². The van der Waals surface area contributed by atoms with E-state index in [0.29, 0.717) is 6.07 Å². The zero-order valence-corrected chi connectivity index (χ0v) is 8.83. The van der Waals surface area contributed by atoms with Gasteiger partial charge in [-0.05, 0) is 23.7 Å². The summed E-state index contributed by atoms with van der Waals surface area (Å²) in [6.45, 7) is 0. The summed E-state index contributed by atoms with van der Waals surface area (Å²) in [4.78, 5) is 14.2. The van der Waals surface area contributed by atoms with Gasteiger partial charge < -0.3 is 9.52 Å². The molecular weight excluding hydrogens is 256 g/mol. The number of carboxylic acid groups (broad SMARTS) is 1. The van der Waals surface area contributed by atoms with E-state index in [2.05, 4.69) is 4.98 Å². The van der Waals surface area contributed by atoms with Crippen molar-refractivity contribution in [2.45, 2.75) is 0 Å². The second kappa shape index (κ2) is 4.14. The molecule has 1 aromatic heterocycles. The summed E-state index contributed by atoms with van der Waals surface area (Å²) in [6, 6.07) is 2.50. The number of hydrogen-bond acceptors (Lipinski definition) is 3. The number of aromatic carboxylic acids is 1. The fourth-order valence-electron chi connectivity index (χ4n) is 1.32. The van der Waals surface area contributed by atoms with Crippen LogP contribution in [0, 0.1) is 11.6 Å². The lowest BCUT2D eigenvalue weighted by atomic mass is 10.1. The van der Waals surface area contributed by atoms with Gasteiger partial charge in [0.25, 0.3) is 5.35 Å². The van der Waals surface area contributed by atoms with Crippen molar-refractivity contribution >= 4 is 17.6 Å². The van der Waals surface area contributed by atoms with Crippen LogP contribution in [0.4, 0.5) is 8.78 Å². The molecular formula is C10H4ClF2NO3. The zero-order chi connectivity index (χ0) is 12.6. The van der Waals surface area contributed by atoms with Crippen molar-refractivity contribution in [3.8, 4) is 11.3 Å². The van der Waals surface area contributed by atoms with Gasteiger partial charge in [-0.2, -0.15) is 4.98 Å². The Labute approximate surface area is 98.5 Å². The summed E-state index contributed by atoms with van der Waals surface area (Å²) in [6.07, 6.45) is 0. The summed E-state index contributed by atoms with van der Waals surface area (Å²) >= 11 is 5.41. The van der Waals surface area contributed by atoms with Crippen LogP contribution in [0.3, 0.4) is 0 Å². The fourth-order valence-corrected chi connectivity index (χ4v) is 1.48. The average Bonchev–Trinajstić information content (AvgIpc) is 2.59. The minimum atomic E-state index is -1.40. The molecule has 0 bridgehead atoms. The normalized spacial score (nSPS) is 10.5. The molecule has 88 valence electrons. The maximum atomic E-state index is 13.0. The van der Waals surface area contributed by atoms with Crippen molar-refractivity contribution in [2.24, 2.45) is 0 Å². The topological polar surface area (TPSA) is 63.3 Å². The van der Waals surface area contributed by atoms with Gasteiger partial charge in [-0.15, -0.1) is 0 Å². The number of carbonyl (C=O) groups is 1. The first-order valence-corrected chi connectivity index (χ1v) is 4.71. The average molecular weight is 260 g/mol. The Hall–Kier alpha value is -1.95. The number of hydrogen-bond donors (Lipinski definition) is 1. The first kappa shape index (κ1) is 11.5. The molecule has 0 radical (unpaired) electrons. The van der Waals surface area contributed by atoms with Gasteiger partial charge in [-0.25, -0.2) is 13.6 Å². The van der Waals surface area contributed by atoms with Crippen LogP contribution < -0.4 is 0 Å². The first-order chi connectivity index (χ1) is 7.97. The molecule has 0 aliphatic carbocycles. The molecule has 0 atom stereocenters. The van der Waals surface area contributed by atoms with Crippen molar-refractivity contribution in [3.05, 3.63) is 40.9 Å². The molecule has 2 aromatic rings. The van der Waals surface area contributed by atoms with Gasteiger partial charge in [-0.1, -0.05) is 0 Å². The van der Waals surface area contributed by atoms with Crippen LogP contribution in [0.1, 0.15) is 10.5 Å². The number of rotatable bonds is 2. The van der Waals surface area contributed by atoms with E-state index in [9.17, 15) is 13.6 Å². The van der Waals surface area contributed by atoms with E-state index in [1.165, 1.54) is 0 Å². The van der Waals surface area contributed by atoms with Crippen LogP contribution in [0.25, 0.3) is 11.3 Å². The van der Waals surface area contributed by atoms with E-state index < -0.39 is 28.6 Å². The number of carboxylic acids is 1. The molecule has 1 N–H and O–H groups in total. The lowest BCUT2D eigenvalue weighted by molar-refractivity contribution is 0.0691. The Morgan fingerprint density at radius 2 is 1.88 bits per heavy atom. The molecule has 0 unspecified atom stereocenters. The van der Waals surface area contributed by atoms with Crippen LogP contribution in [0.15, 0.2) is 22.6 Å². The third kappa shape index (κ3) is 2.26. The molecule has 0 fully saturated rings. The standard InChI is InChI=1S/C10H4ClF2NO3/c11-10-14-7(9(15)16)8(17-10)4-1-5(12)3-6(13)2-4/h1-3H,(H,15,16). The molecule has 4 nitrogen and oxygen atoms in total. The third-order valence-corrected chi connectivity index (χ3v) is 2.09. The van der Waals surface area contributed by atoms with Gasteiger partial charge in [0.1, 0.15) is 11.6 Å². The van der Waals surface area contributed by atoms with Crippen molar-refractivity contribution < 1.29 is 23.1 Å². The van der Waals surface area contributed by atoms with Crippen LogP contribution in [-0.2, 0) is 0 Å². The molecule has 0 spiro atoms. The maximum Gasteiger partial charge on any atom is 0.358 e. The van der Waals surface area contributed by atoms with Gasteiger partial charge in [0.15, 0.2) is 11.5 Å². The van der Waals surface area contributed by atoms with Gasteiger partial charge in [0, 0.05) is 11.6 Å². The third-order valence-electron chi connectivity index (χ3n) is 1.93. The number of nitrogens with zero attached hydrogens (tertiary/aromatic N) is 1. The molecule has 2 rings (SSSR count). The highest BCUT2D eigenvalue weighted by molar-refractivity contribution is 6.28. The molecule has 1 heterocycles. The Bertz CT molecular complexity index is 577. The van der Waals surface area contributed by atoms with E-state index >= 15 is 0 Å². The lowest BCUT2D eigenvalue weighted by Crippen LogP contribution is -1.99. The monoisotopic (exact) mass is 259 g/mol. The number of oxazole rings is 1. The highest BCUT2D eigenvalue weighted by atomic mass is 35.5. The molecule has 1 aromatic carbocycles. The number of aromatic nitrogens is 1. The van der Waals surface area contributed by atoms with Crippen LogP contribution in [0.5, 0.6) is 0 Å². The van der Waals surface area contributed by atoms with Crippen LogP contribution in [0.2, 0.25) is 5.35 Å². The summed E-state index contributed by atoms with van der Waals surface area (Å²) in [5.41, 5.74) is -0.584. The zero-order valence-electron chi connectivity index (χ0n) is 8.08. The summed E-state index contributed by atoms with van der Waals surface area (Å²) in [5, 5.41) is 8.40. The lowest BCUT2D eigenvalue weighted by Gasteiger charge is -1.98. The van der Waals surface area contributed by atoms with Crippen molar-refractivity contribution in [2.75, 3.05) is 0 Å². The molecule has 0 saturated carbocycles. The smallest absolute Gasteiger partial charge is 0.358 e. The molecule has 0 amide bonds. The Morgan fingerprint density at radius 1 is 1.29 bits per heavy atom. The molecule has 0 aliphatic rings. The van der Waals surface area contributed by atoms with Crippen LogP contribution in [-0.4, -0.2) is 16.1 Å². The predicted octanol–water partition coefficient (Wildman–Crippen LogP) is 2.97. The second-order valence-electron chi connectivity index (χ2n) is 3.11. The van der Waals surface area contributed by atoms with Crippen LogP contribution >= 0.6 is 11.6 Å². The summed E-state index contributed by atoms with van der Waals surface area (Å²) in [7, 11) is 0. The van der Waals surface area contributed by atoms with E-state index in [1.54, 1.807) is 0 Å². The SMILES string of the molecule is O=C(O)c1nc(Cl)oc1-c1cc(F)cc(F)c1. The largest absolute Gasteiger partial charge is 0.476 e. The Morgan fingerprint density at radius 3 is 2.41 bits per heavy atom. The van der Waals surface area contributed by atoms with Gasteiger partial charge in [0.2, 0.25) is 0 Å². The minimum Gasteiger partial charge on any atom is -0.476 e. The highest BCUT2D eigenvalue weighted by Crippen LogP contribution is 2.28. The maximum absolute atomic E-state index is 13.0. The van der Waals surface area contributed by atoms with E-state index in [1.807, 2.05) is 0 Å². The van der Waals surface area contributed by atoms with Gasteiger partial charge in [-0.3, -0.25) is 0 Å². The Balaban J connectivity index is 2.63. The predicted molar refractivity (Wildman–Crippen MR) is 53.8 cm³/mol. The second-order valence-corrected chi connectivity index (χ2v) is 3.43. The molecule has 0 aliphatic heterocycles. The summed E-state index contributed by atoms with van der Waals surface area (Å²) in [5.74, 6) is -3.41. The minimum absolute atomic E-state index is 0.0840. The van der Waals surface area contributed by atoms with Crippen molar-refractivity contribution in [3.63, 3.8) is 0 Å². The molecule has 17 heavy (non-hydrogen) atoms. The summed E-state index contributed by atoms with van der Waals surface area (Å²) < 4.78 is 30.8. The van der Waals surface area contributed by atoms with E-state index in [0.717, 1.165) is 12.1 Å². The fraction of sp³-hybridized carbons (Fsp3) is 0. The molecule has 7 heteroatoms. The van der Waals surface area contributed by atoms with Crippen molar-refractivity contribution in [1.29, 1.82) is 0 Å². The quantitative estimate of drug-likeness (QED) is 0.900. The number of benzene rings is 1. The first-order valence-electron chi connectivity index (χ1n) is 4.33. The van der Waals surface area contributed by atoms with E-state index in [-0.39, 0.29) is 11.3 Å². The highest BCUT2D eigenvalue weighted by Gasteiger charge is 2.21. The molecule has 0 saturated heterocycles. The van der Waals surface area contributed by atoms with Crippen molar-refractivity contribution in [1.82, 2.24) is 4.98 Å².